The number of pyridine rings is 1. The topological polar surface area (TPSA) is 30.4 Å². The summed E-state index contributed by atoms with van der Waals surface area (Å²) in [4.78, 5) is 4.36. The molecule has 5 rings (SSSR count). The Bertz CT molecular complexity index is 1130. The van der Waals surface area contributed by atoms with E-state index in [4.69, 9.17) is 4.42 Å². The van der Waals surface area contributed by atoms with E-state index in [1.54, 1.807) is 0 Å². The molecule has 104 valence electrons. The van der Waals surface area contributed by atoms with Gasteiger partial charge in [0.2, 0.25) is 0 Å². The van der Waals surface area contributed by atoms with Crippen LogP contribution in [-0.4, -0.2) is 9.38 Å². The zero-order chi connectivity index (χ0) is 14.5. The molecule has 0 aliphatic heterocycles. The molecule has 22 heavy (non-hydrogen) atoms. The van der Waals surface area contributed by atoms with Gasteiger partial charge in [0.15, 0.2) is 0 Å². The summed E-state index contributed by atoms with van der Waals surface area (Å²) in [5.74, 6) is 0. The lowest BCUT2D eigenvalue weighted by Gasteiger charge is -2.06. The number of aromatic nitrogens is 2. The van der Waals surface area contributed by atoms with Gasteiger partial charge in [0.05, 0.1) is 5.69 Å². The molecule has 0 aliphatic rings. The Morgan fingerprint density at radius 3 is 2.68 bits per heavy atom. The minimum atomic E-state index is 0.919. The van der Waals surface area contributed by atoms with Crippen LogP contribution < -0.4 is 0 Å². The lowest BCUT2D eigenvalue weighted by molar-refractivity contribution is 0.669. The van der Waals surface area contributed by atoms with E-state index in [0.29, 0.717) is 0 Å². The SMILES string of the molecule is c1ccc2c(c1)oc1c(-c3cccc4nccn34)cccc12. The van der Waals surface area contributed by atoms with E-state index in [1.165, 1.54) is 0 Å². The second kappa shape index (κ2) is 4.21. The molecule has 0 saturated carbocycles. The summed E-state index contributed by atoms with van der Waals surface area (Å²) in [6.07, 6.45) is 3.80. The van der Waals surface area contributed by atoms with Crippen LogP contribution in [0.4, 0.5) is 0 Å². The van der Waals surface area contributed by atoms with Crippen molar-refractivity contribution in [3.05, 3.63) is 73.1 Å². The number of furan rings is 1. The molecule has 0 atom stereocenters. The Morgan fingerprint density at radius 2 is 1.68 bits per heavy atom. The van der Waals surface area contributed by atoms with Gasteiger partial charge in [-0.1, -0.05) is 36.4 Å². The molecule has 3 aromatic heterocycles. The predicted molar refractivity (Wildman–Crippen MR) is 87.9 cm³/mol. The first-order valence-corrected chi connectivity index (χ1v) is 7.24. The lowest BCUT2D eigenvalue weighted by atomic mass is 10.1. The summed E-state index contributed by atoms with van der Waals surface area (Å²) >= 11 is 0. The van der Waals surface area contributed by atoms with Crippen LogP contribution in [0.15, 0.2) is 77.5 Å². The van der Waals surface area contributed by atoms with E-state index < -0.39 is 0 Å². The highest BCUT2D eigenvalue weighted by molar-refractivity contribution is 6.09. The summed E-state index contributed by atoms with van der Waals surface area (Å²) in [5, 5.41) is 2.29. The van der Waals surface area contributed by atoms with Crippen LogP contribution in [-0.2, 0) is 0 Å². The standard InChI is InChI=1S/C19H12N2O/c1-2-9-17-13(5-1)14-6-3-7-15(19(14)22-17)16-8-4-10-18-20-11-12-21(16)18/h1-12H. The minimum Gasteiger partial charge on any atom is -0.455 e. The molecule has 0 amide bonds. The third-order valence-corrected chi connectivity index (χ3v) is 4.11. The van der Waals surface area contributed by atoms with Crippen LogP contribution in [0.25, 0.3) is 38.8 Å². The quantitative estimate of drug-likeness (QED) is 0.438. The van der Waals surface area contributed by atoms with Gasteiger partial charge in [0, 0.05) is 28.7 Å². The molecule has 3 heterocycles. The first-order chi connectivity index (χ1) is 10.9. The van der Waals surface area contributed by atoms with E-state index in [-0.39, 0.29) is 0 Å². The predicted octanol–water partition coefficient (Wildman–Crippen LogP) is 4.90. The molecule has 5 aromatic rings. The molecular weight excluding hydrogens is 272 g/mol. The number of para-hydroxylation sites is 2. The average Bonchev–Trinajstić information content (AvgIpc) is 3.18. The van der Waals surface area contributed by atoms with Crippen LogP contribution in [0.3, 0.4) is 0 Å². The number of hydrogen-bond acceptors (Lipinski definition) is 2. The van der Waals surface area contributed by atoms with Gasteiger partial charge in [-0.25, -0.2) is 4.98 Å². The maximum absolute atomic E-state index is 6.13. The number of rotatable bonds is 1. The highest BCUT2D eigenvalue weighted by atomic mass is 16.3. The summed E-state index contributed by atoms with van der Waals surface area (Å²) in [5.41, 5.74) is 4.94. The lowest BCUT2D eigenvalue weighted by Crippen LogP contribution is -1.90. The van der Waals surface area contributed by atoms with Crippen LogP contribution in [0.1, 0.15) is 0 Å². The number of benzene rings is 2. The van der Waals surface area contributed by atoms with Gasteiger partial charge in [0.1, 0.15) is 16.8 Å². The van der Waals surface area contributed by atoms with Gasteiger partial charge in [-0.15, -0.1) is 0 Å². The molecule has 0 bridgehead atoms. The number of imidazole rings is 1. The largest absolute Gasteiger partial charge is 0.455 e. The summed E-state index contributed by atoms with van der Waals surface area (Å²) in [6, 6.07) is 20.6. The van der Waals surface area contributed by atoms with E-state index in [9.17, 15) is 0 Å². The normalized spacial score (nSPS) is 11.6. The highest BCUT2D eigenvalue weighted by Crippen LogP contribution is 2.35. The Hall–Kier alpha value is -3.07. The molecule has 3 nitrogen and oxygen atoms in total. The van der Waals surface area contributed by atoms with Crippen molar-refractivity contribution in [2.75, 3.05) is 0 Å². The molecule has 0 aliphatic carbocycles. The second-order valence-corrected chi connectivity index (χ2v) is 5.35. The van der Waals surface area contributed by atoms with E-state index in [0.717, 1.165) is 38.8 Å². The van der Waals surface area contributed by atoms with Crippen molar-refractivity contribution in [2.24, 2.45) is 0 Å². The first kappa shape index (κ1) is 11.6. The van der Waals surface area contributed by atoms with E-state index in [1.807, 2.05) is 42.7 Å². The minimum absolute atomic E-state index is 0.919. The first-order valence-electron chi connectivity index (χ1n) is 7.24. The summed E-state index contributed by atoms with van der Waals surface area (Å²) < 4.78 is 8.21. The summed E-state index contributed by atoms with van der Waals surface area (Å²) in [6.45, 7) is 0. The third kappa shape index (κ3) is 1.48. The molecule has 0 radical (unpaired) electrons. The number of hydrogen-bond donors (Lipinski definition) is 0. The number of nitrogens with zero attached hydrogens (tertiary/aromatic N) is 2. The van der Waals surface area contributed by atoms with Crippen LogP contribution in [0.5, 0.6) is 0 Å². The fraction of sp³-hybridized carbons (Fsp3) is 0. The van der Waals surface area contributed by atoms with Gasteiger partial charge in [-0.2, -0.15) is 0 Å². The Labute approximate surface area is 126 Å². The fourth-order valence-corrected chi connectivity index (χ4v) is 3.12. The van der Waals surface area contributed by atoms with Gasteiger partial charge < -0.3 is 4.42 Å². The Kier molecular flexibility index (Phi) is 2.22. The highest BCUT2D eigenvalue weighted by Gasteiger charge is 2.13. The Balaban J connectivity index is 1.94. The molecule has 0 N–H and O–H groups in total. The van der Waals surface area contributed by atoms with E-state index in [2.05, 4.69) is 39.7 Å². The Morgan fingerprint density at radius 1 is 0.818 bits per heavy atom. The second-order valence-electron chi connectivity index (χ2n) is 5.35. The number of fused-ring (bicyclic) bond motifs is 4. The molecule has 3 heteroatoms. The van der Waals surface area contributed by atoms with Crippen LogP contribution in [0, 0.1) is 0 Å². The van der Waals surface area contributed by atoms with Gasteiger partial charge >= 0.3 is 0 Å². The van der Waals surface area contributed by atoms with Gasteiger partial charge in [-0.05, 0) is 24.3 Å². The van der Waals surface area contributed by atoms with Crippen molar-refractivity contribution >= 4 is 27.6 Å². The molecule has 0 spiro atoms. The molecule has 0 fully saturated rings. The molecular formula is C19H12N2O. The monoisotopic (exact) mass is 284 g/mol. The van der Waals surface area contributed by atoms with E-state index >= 15 is 0 Å². The fourth-order valence-electron chi connectivity index (χ4n) is 3.12. The van der Waals surface area contributed by atoms with Crippen molar-refractivity contribution in [1.29, 1.82) is 0 Å². The molecule has 0 saturated heterocycles. The van der Waals surface area contributed by atoms with Crippen molar-refractivity contribution in [3.63, 3.8) is 0 Å². The maximum Gasteiger partial charge on any atom is 0.144 e. The maximum atomic E-state index is 6.13. The zero-order valence-electron chi connectivity index (χ0n) is 11.7. The molecule has 2 aromatic carbocycles. The van der Waals surface area contributed by atoms with Crippen LogP contribution in [0.2, 0.25) is 0 Å². The van der Waals surface area contributed by atoms with Crippen molar-refractivity contribution in [2.45, 2.75) is 0 Å². The summed E-state index contributed by atoms with van der Waals surface area (Å²) in [7, 11) is 0. The van der Waals surface area contributed by atoms with Gasteiger partial charge in [0.25, 0.3) is 0 Å². The smallest absolute Gasteiger partial charge is 0.144 e. The van der Waals surface area contributed by atoms with Crippen molar-refractivity contribution in [1.82, 2.24) is 9.38 Å². The van der Waals surface area contributed by atoms with Gasteiger partial charge in [-0.3, -0.25) is 4.40 Å². The van der Waals surface area contributed by atoms with Crippen molar-refractivity contribution in [3.8, 4) is 11.3 Å². The van der Waals surface area contributed by atoms with Crippen LogP contribution >= 0.6 is 0 Å². The zero-order valence-corrected chi connectivity index (χ0v) is 11.7. The molecule has 0 unspecified atom stereocenters. The third-order valence-electron chi connectivity index (χ3n) is 4.11. The van der Waals surface area contributed by atoms with Crippen molar-refractivity contribution < 1.29 is 4.42 Å². The average molecular weight is 284 g/mol.